The summed E-state index contributed by atoms with van der Waals surface area (Å²) in [5.41, 5.74) is 2.11. The summed E-state index contributed by atoms with van der Waals surface area (Å²) in [4.78, 5) is 22.0. The maximum atomic E-state index is 12.9. The number of nitrogens with one attached hydrogen (secondary N) is 2. The molecule has 0 aliphatic carbocycles. The number of benzene rings is 1. The van der Waals surface area contributed by atoms with Crippen molar-refractivity contribution in [3.05, 3.63) is 64.2 Å². The summed E-state index contributed by atoms with van der Waals surface area (Å²) in [7, 11) is 3.15. The van der Waals surface area contributed by atoms with Crippen LogP contribution in [-0.2, 0) is 17.8 Å². The average molecular weight is 469 g/mol. The van der Waals surface area contributed by atoms with E-state index in [9.17, 15) is 4.79 Å². The van der Waals surface area contributed by atoms with Gasteiger partial charge in [-0.1, -0.05) is 6.07 Å². The van der Waals surface area contributed by atoms with E-state index in [1.807, 2.05) is 29.2 Å². The Labute approximate surface area is 197 Å². The lowest BCUT2D eigenvalue weighted by molar-refractivity contribution is 0.113. The smallest absolute Gasteiger partial charge is 0.253 e. The molecule has 1 saturated heterocycles. The third-order valence-corrected chi connectivity index (χ3v) is 6.08. The highest BCUT2D eigenvalue weighted by Gasteiger charge is 2.19. The number of rotatable bonds is 8. The quantitative estimate of drug-likeness (QED) is 0.488. The van der Waals surface area contributed by atoms with Gasteiger partial charge in [0.1, 0.15) is 0 Å². The Balaban J connectivity index is 1.60. The first kappa shape index (κ1) is 23.0. The standard InChI is InChI=1S/C24H28N4O4S/c1-30-21-10-17-9-18(23(29)27-20(17)11-22(21)31-2)15-28(14-16-5-3-7-25-12-16)24(33)26-13-19-6-4-8-32-19/h3,5,7,9-12,19H,4,6,8,13-15H2,1-2H3,(H,26,33)(H,27,29)/t19-/m1/s1. The molecule has 0 amide bonds. The zero-order valence-electron chi connectivity index (χ0n) is 18.8. The van der Waals surface area contributed by atoms with Crippen molar-refractivity contribution >= 4 is 28.2 Å². The molecular formula is C24H28N4O4S. The van der Waals surface area contributed by atoms with Gasteiger partial charge in [-0.3, -0.25) is 9.78 Å². The SMILES string of the molecule is COc1cc2cc(CN(Cc3cccnc3)C(=S)NC[C@H]3CCCO3)c(=O)[nH]c2cc1OC. The highest BCUT2D eigenvalue weighted by Crippen LogP contribution is 2.31. The van der Waals surface area contributed by atoms with Gasteiger partial charge in [0.05, 0.1) is 32.4 Å². The number of ether oxygens (including phenoxy) is 3. The van der Waals surface area contributed by atoms with Gasteiger partial charge in [0.25, 0.3) is 5.56 Å². The van der Waals surface area contributed by atoms with Crippen LogP contribution >= 0.6 is 12.2 Å². The van der Waals surface area contributed by atoms with E-state index < -0.39 is 0 Å². The van der Waals surface area contributed by atoms with Crippen molar-refractivity contribution in [1.29, 1.82) is 0 Å². The fraction of sp³-hybridized carbons (Fsp3) is 0.375. The Hall–Kier alpha value is -3.17. The monoisotopic (exact) mass is 468 g/mol. The largest absolute Gasteiger partial charge is 0.493 e. The predicted octanol–water partition coefficient (Wildman–Crippen LogP) is 3.00. The molecule has 3 heterocycles. The van der Waals surface area contributed by atoms with Gasteiger partial charge in [-0.25, -0.2) is 0 Å². The molecule has 2 N–H and O–H groups in total. The third kappa shape index (κ3) is 5.61. The molecule has 33 heavy (non-hydrogen) atoms. The van der Waals surface area contributed by atoms with Gasteiger partial charge in [-0.2, -0.15) is 0 Å². The number of thiocarbonyl (C=S) groups is 1. The van der Waals surface area contributed by atoms with Crippen molar-refractivity contribution in [3.8, 4) is 11.5 Å². The van der Waals surface area contributed by atoms with Gasteiger partial charge >= 0.3 is 0 Å². The molecule has 8 nitrogen and oxygen atoms in total. The summed E-state index contributed by atoms with van der Waals surface area (Å²) in [5.74, 6) is 1.16. The predicted molar refractivity (Wildman–Crippen MR) is 131 cm³/mol. The third-order valence-electron chi connectivity index (χ3n) is 5.67. The van der Waals surface area contributed by atoms with E-state index in [2.05, 4.69) is 15.3 Å². The van der Waals surface area contributed by atoms with E-state index >= 15 is 0 Å². The fourth-order valence-electron chi connectivity index (χ4n) is 3.93. The van der Waals surface area contributed by atoms with Crippen LogP contribution in [0.2, 0.25) is 0 Å². The molecule has 1 fully saturated rings. The Morgan fingerprint density at radius 1 is 1.27 bits per heavy atom. The minimum absolute atomic E-state index is 0.162. The van der Waals surface area contributed by atoms with E-state index in [-0.39, 0.29) is 11.7 Å². The number of nitrogens with zero attached hydrogens (tertiary/aromatic N) is 2. The number of hydrogen-bond donors (Lipinski definition) is 2. The second-order valence-corrected chi connectivity index (χ2v) is 8.34. The summed E-state index contributed by atoms with van der Waals surface area (Å²) in [6, 6.07) is 9.37. The lowest BCUT2D eigenvalue weighted by Crippen LogP contribution is -2.42. The van der Waals surface area contributed by atoms with Crippen LogP contribution in [0.3, 0.4) is 0 Å². The second-order valence-electron chi connectivity index (χ2n) is 7.96. The second kappa shape index (κ2) is 10.6. The molecule has 1 aromatic carbocycles. The van der Waals surface area contributed by atoms with E-state index in [0.29, 0.717) is 47.3 Å². The lowest BCUT2D eigenvalue weighted by Gasteiger charge is -2.26. The zero-order chi connectivity index (χ0) is 23.2. The maximum absolute atomic E-state index is 12.9. The van der Waals surface area contributed by atoms with Gasteiger partial charge in [-0.15, -0.1) is 0 Å². The van der Waals surface area contributed by atoms with Crippen LogP contribution < -0.4 is 20.3 Å². The van der Waals surface area contributed by atoms with E-state index in [1.165, 1.54) is 0 Å². The Morgan fingerprint density at radius 2 is 2.09 bits per heavy atom. The molecular weight excluding hydrogens is 440 g/mol. The number of pyridine rings is 2. The van der Waals surface area contributed by atoms with Crippen LogP contribution in [0.4, 0.5) is 0 Å². The Morgan fingerprint density at radius 3 is 2.79 bits per heavy atom. The Kier molecular flexibility index (Phi) is 7.41. The molecule has 9 heteroatoms. The lowest BCUT2D eigenvalue weighted by atomic mass is 10.1. The Bertz CT molecular complexity index is 1160. The summed E-state index contributed by atoms with van der Waals surface area (Å²) in [6.07, 6.45) is 5.79. The number of aromatic nitrogens is 2. The fourth-order valence-corrected chi connectivity index (χ4v) is 4.14. The van der Waals surface area contributed by atoms with Crippen LogP contribution in [0.1, 0.15) is 24.0 Å². The van der Waals surface area contributed by atoms with Crippen molar-refractivity contribution in [3.63, 3.8) is 0 Å². The molecule has 0 spiro atoms. The molecule has 0 radical (unpaired) electrons. The first-order chi connectivity index (χ1) is 16.1. The van der Waals surface area contributed by atoms with Crippen molar-refractivity contribution in [2.75, 3.05) is 27.4 Å². The van der Waals surface area contributed by atoms with Gasteiger partial charge in [-0.05, 0) is 48.8 Å². The van der Waals surface area contributed by atoms with Gasteiger partial charge in [0.15, 0.2) is 16.6 Å². The minimum Gasteiger partial charge on any atom is -0.493 e. The number of fused-ring (bicyclic) bond motifs is 1. The molecule has 4 rings (SSSR count). The summed E-state index contributed by atoms with van der Waals surface area (Å²) in [6.45, 7) is 2.30. The minimum atomic E-state index is -0.173. The topological polar surface area (TPSA) is 88.7 Å². The molecule has 3 aromatic rings. The number of methoxy groups -OCH3 is 2. The van der Waals surface area contributed by atoms with E-state index in [0.717, 1.165) is 30.4 Å². The summed E-state index contributed by atoms with van der Waals surface area (Å²) in [5, 5.41) is 4.74. The zero-order valence-corrected chi connectivity index (χ0v) is 19.6. The molecule has 0 unspecified atom stereocenters. The number of hydrogen-bond acceptors (Lipinski definition) is 6. The maximum Gasteiger partial charge on any atom is 0.253 e. The van der Waals surface area contributed by atoms with Crippen LogP contribution in [-0.4, -0.2) is 53.5 Å². The first-order valence-electron chi connectivity index (χ1n) is 10.9. The van der Waals surface area contributed by atoms with Crippen molar-refractivity contribution in [1.82, 2.24) is 20.2 Å². The summed E-state index contributed by atoms with van der Waals surface area (Å²) >= 11 is 5.71. The molecule has 1 atom stereocenters. The first-order valence-corrected chi connectivity index (χ1v) is 11.3. The molecule has 0 saturated carbocycles. The highest BCUT2D eigenvalue weighted by molar-refractivity contribution is 7.80. The van der Waals surface area contributed by atoms with Crippen molar-refractivity contribution in [2.45, 2.75) is 32.0 Å². The molecule has 1 aliphatic rings. The van der Waals surface area contributed by atoms with E-state index in [4.69, 9.17) is 26.4 Å². The van der Waals surface area contributed by atoms with Crippen LogP contribution in [0.25, 0.3) is 10.9 Å². The molecule has 174 valence electrons. The normalized spacial score (nSPS) is 15.4. The number of aromatic amines is 1. The molecule has 2 aromatic heterocycles. The van der Waals surface area contributed by atoms with E-state index in [1.54, 1.807) is 32.7 Å². The molecule has 1 aliphatic heterocycles. The highest BCUT2D eigenvalue weighted by atomic mass is 32.1. The van der Waals surface area contributed by atoms with Crippen molar-refractivity contribution in [2.24, 2.45) is 0 Å². The summed E-state index contributed by atoms with van der Waals surface area (Å²) < 4.78 is 16.5. The average Bonchev–Trinajstić information content (AvgIpc) is 3.36. The van der Waals surface area contributed by atoms with Crippen LogP contribution in [0.5, 0.6) is 11.5 Å². The number of H-pyrrole nitrogens is 1. The van der Waals surface area contributed by atoms with Crippen molar-refractivity contribution < 1.29 is 14.2 Å². The van der Waals surface area contributed by atoms with Crippen LogP contribution in [0, 0.1) is 0 Å². The van der Waals surface area contributed by atoms with Gasteiger partial charge in [0.2, 0.25) is 0 Å². The molecule has 0 bridgehead atoms. The van der Waals surface area contributed by atoms with Gasteiger partial charge < -0.3 is 29.4 Å². The van der Waals surface area contributed by atoms with Crippen LogP contribution in [0.15, 0.2) is 47.5 Å². The van der Waals surface area contributed by atoms with Gasteiger partial charge in [0, 0.05) is 49.1 Å².